The Hall–Kier alpha value is -1.89. The molecule has 1 aromatic rings. The largest absolute Gasteiger partial charge is 0.335 e. The summed E-state index contributed by atoms with van der Waals surface area (Å²) in [5, 5.41) is 2.76. The van der Waals surface area contributed by atoms with Gasteiger partial charge in [0.1, 0.15) is 6.29 Å². The Bertz CT molecular complexity index is 678. The van der Waals surface area contributed by atoms with Crippen LogP contribution in [-0.2, 0) is 14.8 Å². The first kappa shape index (κ1) is 19.4. The van der Waals surface area contributed by atoms with Crippen LogP contribution in [0.25, 0.3) is 0 Å². The number of carbonyl (C=O) groups is 2. The molecule has 2 amide bonds. The van der Waals surface area contributed by atoms with Crippen molar-refractivity contribution in [3.8, 4) is 0 Å². The predicted octanol–water partition coefficient (Wildman–Crippen LogP) is 3.09. The Morgan fingerprint density at radius 3 is 2.28 bits per heavy atom. The van der Waals surface area contributed by atoms with Crippen molar-refractivity contribution in [3.05, 3.63) is 29.8 Å². The molecular formula is C18H26N2O4S. The fourth-order valence-corrected chi connectivity index (χ4v) is 4.04. The van der Waals surface area contributed by atoms with Gasteiger partial charge in [-0.3, -0.25) is 0 Å². The summed E-state index contributed by atoms with van der Waals surface area (Å²) in [6.07, 6.45) is 7.68. The topological polar surface area (TPSA) is 92.3 Å². The van der Waals surface area contributed by atoms with Gasteiger partial charge in [0, 0.05) is 12.0 Å². The fourth-order valence-electron chi connectivity index (χ4n) is 3.12. The summed E-state index contributed by atoms with van der Waals surface area (Å²) in [7, 11) is -3.93. The highest BCUT2D eigenvalue weighted by molar-refractivity contribution is 7.90. The van der Waals surface area contributed by atoms with Crippen molar-refractivity contribution in [1.82, 2.24) is 10.0 Å². The van der Waals surface area contributed by atoms with E-state index in [1.165, 1.54) is 12.1 Å². The van der Waals surface area contributed by atoms with Crippen LogP contribution in [0, 0.1) is 0 Å². The van der Waals surface area contributed by atoms with Gasteiger partial charge >= 0.3 is 6.03 Å². The van der Waals surface area contributed by atoms with Gasteiger partial charge in [0.05, 0.1) is 4.90 Å². The lowest BCUT2D eigenvalue weighted by Gasteiger charge is -2.17. The molecule has 1 aliphatic carbocycles. The van der Waals surface area contributed by atoms with Crippen molar-refractivity contribution in [3.63, 3.8) is 0 Å². The third-order valence-electron chi connectivity index (χ3n) is 4.64. The number of hydrogen-bond acceptors (Lipinski definition) is 4. The second-order valence-corrected chi connectivity index (χ2v) is 8.17. The second-order valence-electron chi connectivity index (χ2n) is 6.49. The molecule has 2 N–H and O–H groups in total. The first-order valence-corrected chi connectivity index (χ1v) is 10.3. The first-order chi connectivity index (χ1) is 12.0. The SMILES string of the molecule is CCC(C=O)c1ccc(S(=O)(=O)NC(=O)NC2CCCCCC2)cc1. The molecule has 1 fully saturated rings. The van der Waals surface area contributed by atoms with Crippen molar-refractivity contribution >= 4 is 22.3 Å². The highest BCUT2D eigenvalue weighted by atomic mass is 32.2. The molecule has 1 saturated carbocycles. The smallest absolute Gasteiger partial charge is 0.328 e. The highest BCUT2D eigenvalue weighted by Crippen LogP contribution is 2.20. The molecule has 1 unspecified atom stereocenters. The molecular weight excluding hydrogens is 340 g/mol. The minimum Gasteiger partial charge on any atom is -0.335 e. The van der Waals surface area contributed by atoms with E-state index in [0.29, 0.717) is 6.42 Å². The first-order valence-electron chi connectivity index (χ1n) is 8.85. The standard InChI is InChI=1S/C18H26N2O4S/c1-2-14(13-21)15-9-11-17(12-10-15)25(23,24)20-18(22)19-16-7-5-3-4-6-8-16/h9-14,16H,2-8H2,1H3,(H2,19,20,22). The van der Waals surface area contributed by atoms with Gasteiger partial charge in [0.25, 0.3) is 10.0 Å². The van der Waals surface area contributed by atoms with E-state index in [-0.39, 0.29) is 16.9 Å². The Morgan fingerprint density at radius 1 is 1.16 bits per heavy atom. The van der Waals surface area contributed by atoms with Crippen LogP contribution in [0.15, 0.2) is 29.2 Å². The van der Waals surface area contributed by atoms with Crippen molar-refractivity contribution in [2.45, 2.75) is 68.7 Å². The molecule has 7 heteroatoms. The third-order valence-corrected chi connectivity index (χ3v) is 5.99. The number of carbonyl (C=O) groups excluding carboxylic acids is 2. The van der Waals surface area contributed by atoms with Gasteiger partial charge in [0.2, 0.25) is 0 Å². The molecule has 25 heavy (non-hydrogen) atoms. The van der Waals surface area contributed by atoms with Crippen LogP contribution >= 0.6 is 0 Å². The lowest BCUT2D eigenvalue weighted by Crippen LogP contribution is -2.44. The zero-order chi connectivity index (χ0) is 18.3. The Balaban J connectivity index is 2.00. The molecule has 1 aliphatic rings. The Morgan fingerprint density at radius 2 is 1.76 bits per heavy atom. The highest BCUT2D eigenvalue weighted by Gasteiger charge is 2.21. The number of aldehydes is 1. The average molecular weight is 366 g/mol. The van der Waals surface area contributed by atoms with E-state index in [1.807, 2.05) is 6.92 Å². The van der Waals surface area contributed by atoms with Crippen LogP contribution in [0.5, 0.6) is 0 Å². The molecule has 0 heterocycles. The summed E-state index contributed by atoms with van der Waals surface area (Å²) in [5.74, 6) is -0.247. The summed E-state index contributed by atoms with van der Waals surface area (Å²) in [4.78, 5) is 23.0. The number of hydrogen-bond donors (Lipinski definition) is 2. The van der Waals surface area contributed by atoms with Crippen LogP contribution in [0.2, 0.25) is 0 Å². The lowest BCUT2D eigenvalue weighted by atomic mass is 9.98. The molecule has 0 saturated heterocycles. The summed E-state index contributed by atoms with van der Waals surface area (Å²) in [5.41, 5.74) is 0.763. The van der Waals surface area contributed by atoms with E-state index >= 15 is 0 Å². The molecule has 1 atom stereocenters. The number of urea groups is 1. The molecule has 0 aliphatic heterocycles. The van der Waals surface area contributed by atoms with Crippen LogP contribution < -0.4 is 10.0 Å². The van der Waals surface area contributed by atoms with E-state index in [9.17, 15) is 18.0 Å². The van der Waals surface area contributed by atoms with Gasteiger partial charge < -0.3 is 10.1 Å². The van der Waals surface area contributed by atoms with Gasteiger partial charge in [-0.2, -0.15) is 0 Å². The molecule has 1 aromatic carbocycles. The Kier molecular flexibility index (Phi) is 6.99. The number of nitrogens with one attached hydrogen (secondary N) is 2. The van der Waals surface area contributed by atoms with Gasteiger partial charge in [-0.05, 0) is 37.0 Å². The van der Waals surface area contributed by atoms with Crippen molar-refractivity contribution in [2.75, 3.05) is 0 Å². The third kappa shape index (κ3) is 5.56. The maximum Gasteiger partial charge on any atom is 0.328 e. The molecule has 0 aromatic heterocycles. The van der Waals surface area contributed by atoms with Gasteiger partial charge in [-0.25, -0.2) is 17.9 Å². The van der Waals surface area contributed by atoms with Crippen LogP contribution in [0.4, 0.5) is 4.79 Å². The van der Waals surface area contributed by atoms with Crippen LogP contribution in [0.3, 0.4) is 0 Å². The minimum atomic E-state index is -3.93. The normalized spacial score (nSPS) is 17.3. The van der Waals surface area contributed by atoms with Crippen molar-refractivity contribution < 1.29 is 18.0 Å². The second kappa shape index (κ2) is 8.99. The molecule has 138 valence electrons. The number of benzene rings is 1. The van der Waals surface area contributed by atoms with Gasteiger partial charge in [-0.1, -0.05) is 44.7 Å². The van der Waals surface area contributed by atoms with E-state index in [0.717, 1.165) is 50.4 Å². The average Bonchev–Trinajstić information content (AvgIpc) is 2.84. The number of rotatable bonds is 6. The molecule has 6 nitrogen and oxygen atoms in total. The summed E-state index contributed by atoms with van der Waals surface area (Å²) < 4.78 is 26.7. The van der Waals surface area contributed by atoms with E-state index in [4.69, 9.17) is 0 Å². The molecule has 0 radical (unpaired) electrons. The zero-order valence-electron chi connectivity index (χ0n) is 14.5. The van der Waals surface area contributed by atoms with Gasteiger partial charge in [-0.15, -0.1) is 0 Å². The van der Waals surface area contributed by atoms with E-state index < -0.39 is 16.1 Å². The maximum atomic E-state index is 12.3. The Labute approximate surface area is 149 Å². The predicted molar refractivity (Wildman–Crippen MR) is 95.9 cm³/mol. The molecule has 2 rings (SSSR count). The molecule has 0 bridgehead atoms. The van der Waals surface area contributed by atoms with Gasteiger partial charge in [0.15, 0.2) is 0 Å². The van der Waals surface area contributed by atoms with E-state index in [2.05, 4.69) is 10.0 Å². The zero-order valence-corrected chi connectivity index (χ0v) is 15.3. The van der Waals surface area contributed by atoms with Crippen LogP contribution in [0.1, 0.15) is 63.4 Å². The minimum absolute atomic E-state index is 0.00742. The fraction of sp³-hybridized carbons (Fsp3) is 0.556. The molecule has 0 spiro atoms. The van der Waals surface area contributed by atoms with Crippen LogP contribution in [-0.4, -0.2) is 26.8 Å². The van der Waals surface area contributed by atoms with Crippen molar-refractivity contribution in [1.29, 1.82) is 0 Å². The summed E-state index contributed by atoms with van der Waals surface area (Å²) >= 11 is 0. The maximum absolute atomic E-state index is 12.3. The number of amides is 2. The summed E-state index contributed by atoms with van der Waals surface area (Å²) in [6.45, 7) is 1.89. The quantitative estimate of drug-likeness (QED) is 0.598. The summed E-state index contributed by atoms with van der Waals surface area (Å²) in [6, 6.07) is 5.40. The monoisotopic (exact) mass is 366 g/mol. The lowest BCUT2D eigenvalue weighted by molar-refractivity contribution is -0.109. The number of sulfonamides is 1. The van der Waals surface area contributed by atoms with E-state index in [1.54, 1.807) is 12.1 Å². The van der Waals surface area contributed by atoms with Crippen molar-refractivity contribution in [2.24, 2.45) is 0 Å².